The van der Waals surface area contributed by atoms with E-state index in [9.17, 15) is 39.0 Å². The molecule has 14 nitrogen and oxygen atoms in total. The average molecular weight is 655 g/mol. The Labute approximate surface area is 271 Å². The Morgan fingerprint density at radius 2 is 1.13 bits per heavy atom. The first-order chi connectivity index (χ1) is 22.2. The van der Waals surface area contributed by atoms with Crippen LogP contribution < -0.4 is 10.6 Å². The van der Waals surface area contributed by atoms with Crippen molar-refractivity contribution in [1.82, 2.24) is 20.4 Å². The van der Waals surface area contributed by atoms with Gasteiger partial charge in [0, 0.05) is 91.1 Å². The Morgan fingerprint density at radius 1 is 0.609 bits per heavy atom. The minimum Gasteiger partial charge on any atom is -0.396 e. The highest BCUT2D eigenvalue weighted by atomic mass is 16.5. The molecule has 0 radical (unpaired) electrons. The summed E-state index contributed by atoms with van der Waals surface area (Å²) in [5, 5.41) is 24.6. The minimum atomic E-state index is -0.243. The number of carbonyl (C=O) groups excluding carboxylic acids is 6. The van der Waals surface area contributed by atoms with Crippen LogP contribution in [0.1, 0.15) is 96.3 Å². The van der Waals surface area contributed by atoms with Crippen molar-refractivity contribution in [3.05, 3.63) is 0 Å². The highest BCUT2D eigenvalue weighted by Crippen LogP contribution is 2.35. The fraction of sp³-hybridized carbons (Fsp3) is 0.812. The van der Waals surface area contributed by atoms with Crippen LogP contribution in [0, 0.1) is 5.41 Å². The second-order valence-corrected chi connectivity index (χ2v) is 12.1. The highest BCUT2D eigenvalue weighted by Gasteiger charge is 2.30. The molecule has 46 heavy (non-hydrogen) atoms. The number of nitrogens with one attached hydrogen (secondary N) is 2. The lowest BCUT2D eigenvalue weighted by atomic mass is 9.76. The molecule has 2 aliphatic rings. The summed E-state index contributed by atoms with van der Waals surface area (Å²) < 4.78 is 11.8. The molecule has 0 aromatic rings. The molecular formula is C32H54N4O10. The van der Waals surface area contributed by atoms with Gasteiger partial charge in [-0.3, -0.25) is 38.6 Å². The third kappa shape index (κ3) is 15.1. The van der Waals surface area contributed by atoms with E-state index in [1.807, 2.05) is 0 Å². The van der Waals surface area contributed by atoms with Crippen molar-refractivity contribution >= 4 is 35.4 Å². The zero-order chi connectivity index (χ0) is 33.6. The lowest BCUT2D eigenvalue weighted by Crippen LogP contribution is -2.35. The Kier molecular flexibility index (Phi) is 19.2. The van der Waals surface area contributed by atoms with Crippen LogP contribution in [0.3, 0.4) is 0 Å². The van der Waals surface area contributed by atoms with Crippen LogP contribution in [-0.4, -0.2) is 121 Å². The first-order valence-corrected chi connectivity index (χ1v) is 16.8. The smallest absolute Gasteiger partial charge is 0.229 e. The standard InChI is InChI=1S/C32H54N4O10/c37-20-4-13-32(14-5-21-38,15-6-23-45-24-17-34-27(40)12-19-36-30(43)10-11-31(36)44)25-46-22-2-1-16-33-26(39)7-3-18-35-28(41)8-9-29(35)42/h37-38H,1-25H2,(H,33,39)(H,34,40). The van der Waals surface area contributed by atoms with E-state index in [0.717, 1.165) is 43.4 Å². The molecular weight excluding hydrogens is 600 g/mol. The molecule has 0 atom stereocenters. The van der Waals surface area contributed by atoms with Crippen molar-refractivity contribution in [3.63, 3.8) is 0 Å². The van der Waals surface area contributed by atoms with Gasteiger partial charge in [-0.05, 0) is 63.2 Å². The lowest BCUT2D eigenvalue weighted by molar-refractivity contribution is -0.140. The number of imide groups is 2. The number of rotatable bonds is 27. The molecule has 0 spiro atoms. The van der Waals surface area contributed by atoms with Crippen LogP contribution in [0.2, 0.25) is 0 Å². The molecule has 0 aromatic carbocycles. The number of likely N-dealkylation sites (tertiary alicyclic amines) is 2. The highest BCUT2D eigenvalue weighted by molar-refractivity contribution is 6.02. The molecule has 0 aliphatic carbocycles. The van der Waals surface area contributed by atoms with Crippen molar-refractivity contribution < 1.29 is 48.5 Å². The predicted molar refractivity (Wildman–Crippen MR) is 167 cm³/mol. The van der Waals surface area contributed by atoms with Gasteiger partial charge >= 0.3 is 0 Å². The van der Waals surface area contributed by atoms with Crippen LogP contribution in [0.15, 0.2) is 0 Å². The minimum absolute atomic E-state index is 0.0669. The summed E-state index contributed by atoms with van der Waals surface area (Å²) in [5.74, 6) is -1.15. The zero-order valence-electron chi connectivity index (χ0n) is 27.2. The van der Waals surface area contributed by atoms with Gasteiger partial charge in [0.15, 0.2) is 0 Å². The van der Waals surface area contributed by atoms with Gasteiger partial charge in [0.2, 0.25) is 35.4 Å². The first-order valence-electron chi connectivity index (χ1n) is 16.8. The SMILES string of the molecule is O=C(CCCN1C(=O)CCC1=O)NCCCCOCC(CCCO)(CCCO)CCCOCCNC(=O)CCN1C(=O)CCC1=O. The zero-order valence-corrected chi connectivity index (χ0v) is 27.2. The van der Waals surface area contributed by atoms with Gasteiger partial charge in [-0.2, -0.15) is 0 Å². The maximum absolute atomic E-state index is 12.1. The second-order valence-electron chi connectivity index (χ2n) is 12.1. The Morgan fingerprint density at radius 3 is 1.74 bits per heavy atom. The molecule has 0 bridgehead atoms. The summed E-state index contributed by atoms with van der Waals surface area (Å²) in [6, 6.07) is 0. The number of ether oxygens (including phenoxy) is 2. The number of hydrogen-bond acceptors (Lipinski definition) is 10. The molecule has 0 unspecified atom stereocenters. The van der Waals surface area contributed by atoms with E-state index in [-0.39, 0.29) is 106 Å². The molecule has 262 valence electrons. The second kappa shape index (κ2) is 22.6. The maximum atomic E-state index is 12.1. The molecule has 2 fully saturated rings. The van der Waals surface area contributed by atoms with Crippen LogP contribution in [0.4, 0.5) is 0 Å². The van der Waals surface area contributed by atoms with Gasteiger partial charge in [0.25, 0.3) is 0 Å². The molecule has 2 rings (SSSR count). The lowest BCUT2D eigenvalue weighted by Gasteiger charge is -2.34. The van der Waals surface area contributed by atoms with Gasteiger partial charge in [-0.1, -0.05) is 0 Å². The van der Waals surface area contributed by atoms with E-state index >= 15 is 0 Å². The van der Waals surface area contributed by atoms with E-state index < -0.39 is 0 Å². The third-order valence-corrected chi connectivity index (χ3v) is 8.40. The number of unbranched alkanes of at least 4 members (excludes halogenated alkanes) is 1. The van der Waals surface area contributed by atoms with Crippen molar-refractivity contribution in [3.8, 4) is 0 Å². The summed E-state index contributed by atoms with van der Waals surface area (Å²) in [6.07, 6.45) is 7.52. The van der Waals surface area contributed by atoms with Gasteiger partial charge < -0.3 is 30.3 Å². The van der Waals surface area contributed by atoms with Crippen LogP contribution >= 0.6 is 0 Å². The summed E-state index contributed by atoms with van der Waals surface area (Å²) in [7, 11) is 0. The van der Waals surface area contributed by atoms with E-state index in [1.165, 1.54) is 4.90 Å². The Balaban J connectivity index is 1.59. The number of carbonyl (C=O) groups is 6. The molecule has 6 amide bonds. The number of hydrogen-bond donors (Lipinski definition) is 4. The number of amides is 6. The van der Waals surface area contributed by atoms with Crippen LogP contribution in [-0.2, 0) is 38.2 Å². The van der Waals surface area contributed by atoms with Gasteiger partial charge in [-0.25, -0.2) is 0 Å². The topological polar surface area (TPSA) is 192 Å². The molecule has 2 heterocycles. The maximum Gasteiger partial charge on any atom is 0.229 e. The Hall–Kier alpha value is -2.94. The number of aliphatic hydroxyl groups excluding tert-OH is 2. The van der Waals surface area contributed by atoms with Crippen LogP contribution in [0.5, 0.6) is 0 Å². The van der Waals surface area contributed by atoms with E-state index in [2.05, 4.69) is 10.6 Å². The van der Waals surface area contributed by atoms with E-state index in [4.69, 9.17) is 9.47 Å². The third-order valence-electron chi connectivity index (χ3n) is 8.40. The number of aliphatic hydroxyl groups is 2. The quantitative estimate of drug-likeness (QED) is 0.0728. The van der Waals surface area contributed by atoms with Crippen molar-refractivity contribution in [2.45, 2.75) is 96.3 Å². The summed E-state index contributed by atoms with van der Waals surface area (Å²) in [6.45, 7) is 3.19. The monoisotopic (exact) mass is 654 g/mol. The summed E-state index contributed by atoms with van der Waals surface area (Å²) >= 11 is 0. The largest absolute Gasteiger partial charge is 0.396 e. The average Bonchev–Trinajstić information content (AvgIpc) is 3.54. The summed E-state index contributed by atoms with van der Waals surface area (Å²) in [5.41, 5.74) is -0.209. The van der Waals surface area contributed by atoms with Crippen molar-refractivity contribution in [2.75, 3.05) is 65.8 Å². The number of nitrogens with zero attached hydrogens (tertiary/aromatic N) is 2. The van der Waals surface area contributed by atoms with Gasteiger partial charge in [-0.15, -0.1) is 0 Å². The predicted octanol–water partition coefficient (Wildman–Crippen LogP) is 0.812. The van der Waals surface area contributed by atoms with Gasteiger partial charge in [0.1, 0.15) is 0 Å². The van der Waals surface area contributed by atoms with Crippen molar-refractivity contribution in [2.24, 2.45) is 5.41 Å². The molecule has 0 saturated carbocycles. The Bertz CT molecular complexity index is 952. The fourth-order valence-electron chi connectivity index (χ4n) is 5.79. The molecule has 0 aromatic heterocycles. The van der Waals surface area contributed by atoms with Gasteiger partial charge in [0.05, 0.1) is 13.2 Å². The molecule has 14 heteroatoms. The summed E-state index contributed by atoms with van der Waals surface area (Å²) in [4.78, 5) is 73.1. The molecule has 2 aliphatic heterocycles. The van der Waals surface area contributed by atoms with E-state index in [0.29, 0.717) is 58.8 Å². The van der Waals surface area contributed by atoms with Crippen molar-refractivity contribution in [1.29, 1.82) is 0 Å². The van der Waals surface area contributed by atoms with Crippen LogP contribution in [0.25, 0.3) is 0 Å². The molecule has 2 saturated heterocycles. The first kappa shape index (κ1) is 39.2. The van der Waals surface area contributed by atoms with E-state index in [1.54, 1.807) is 0 Å². The normalized spacial score (nSPS) is 15.3. The fourth-order valence-corrected chi connectivity index (χ4v) is 5.79. The molecule has 4 N–H and O–H groups in total.